The van der Waals surface area contributed by atoms with Crippen molar-refractivity contribution in [2.24, 2.45) is 0 Å². The van der Waals surface area contributed by atoms with E-state index in [2.05, 4.69) is 5.32 Å². The lowest BCUT2D eigenvalue weighted by atomic mass is 10.2. The maximum atomic E-state index is 12.7. The number of nitrogen functional groups attached to an aromatic ring is 1. The molecule has 0 fully saturated rings. The molecule has 0 atom stereocenters. The second kappa shape index (κ2) is 5.31. The van der Waals surface area contributed by atoms with Gasteiger partial charge < -0.3 is 15.8 Å². The number of amides is 1. The van der Waals surface area contributed by atoms with E-state index in [-0.39, 0.29) is 18.2 Å². The molecule has 0 aromatic heterocycles. The van der Waals surface area contributed by atoms with Gasteiger partial charge in [0.2, 0.25) is 5.91 Å². The van der Waals surface area contributed by atoms with Crippen molar-refractivity contribution in [1.29, 1.82) is 0 Å². The summed E-state index contributed by atoms with van der Waals surface area (Å²) in [5, 5.41) is 2.52. The second-order valence-electron chi connectivity index (χ2n) is 2.92. The quantitative estimate of drug-likeness (QED) is 0.741. The summed E-state index contributed by atoms with van der Waals surface area (Å²) in [5.74, 6) is -0.745. The lowest BCUT2D eigenvalue weighted by Crippen LogP contribution is -2.19. The Balaban J connectivity index is 2.60. The van der Waals surface area contributed by atoms with E-state index in [1.165, 1.54) is 12.1 Å². The molecule has 0 radical (unpaired) electrons. The van der Waals surface area contributed by atoms with Crippen LogP contribution in [0.5, 0.6) is 0 Å². The maximum absolute atomic E-state index is 12.7. The molecule has 4 nitrogen and oxygen atoms in total. The van der Waals surface area contributed by atoms with Crippen LogP contribution in [0.2, 0.25) is 0 Å². The smallest absolute Gasteiger partial charge is 0.250 e. The summed E-state index contributed by atoms with van der Waals surface area (Å²) in [6.45, 7) is 2.22. The molecule has 0 saturated carbocycles. The highest BCUT2D eigenvalue weighted by Crippen LogP contribution is 2.18. The van der Waals surface area contributed by atoms with Gasteiger partial charge in [-0.1, -0.05) is 0 Å². The number of carbonyl (C=O) groups is 1. The molecule has 0 aliphatic rings. The van der Waals surface area contributed by atoms with E-state index in [0.29, 0.717) is 12.3 Å². The van der Waals surface area contributed by atoms with Crippen LogP contribution in [0.25, 0.3) is 0 Å². The summed E-state index contributed by atoms with van der Waals surface area (Å²) in [4.78, 5) is 11.2. The highest BCUT2D eigenvalue weighted by molar-refractivity contribution is 5.94. The van der Waals surface area contributed by atoms with Crippen molar-refractivity contribution in [1.82, 2.24) is 0 Å². The summed E-state index contributed by atoms with van der Waals surface area (Å²) >= 11 is 0. The summed E-state index contributed by atoms with van der Waals surface area (Å²) in [7, 11) is 0. The molecular formula is C10H13FN2O2. The number of carbonyl (C=O) groups excluding carboxylic acids is 1. The number of hydrogen-bond donors (Lipinski definition) is 2. The molecule has 82 valence electrons. The fraction of sp³-hybridized carbons (Fsp3) is 0.300. The van der Waals surface area contributed by atoms with Gasteiger partial charge in [-0.15, -0.1) is 0 Å². The molecule has 3 N–H and O–H groups in total. The van der Waals surface area contributed by atoms with Crippen LogP contribution in [0.15, 0.2) is 18.2 Å². The van der Waals surface area contributed by atoms with Gasteiger partial charge in [-0.25, -0.2) is 4.39 Å². The van der Waals surface area contributed by atoms with Crippen molar-refractivity contribution in [3.63, 3.8) is 0 Å². The maximum Gasteiger partial charge on any atom is 0.250 e. The molecule has 1 rings (SSSR count). The molecule has 0 aliphatic heterocycles. The summed E-state index contributed by atoms with van der Waals surface area (Å²) in [6, 6.07) is 3.79. The molecular weight excluding hydrogens is 199 g/mol. The fourth-order valence-electron chi connectivity index (χ4n) is 1.03. The fourth-order valence-corrected chi connectivity index (χ4v) is 1.03. The first kappa shape index (κ1) is 11.5. The molecule has 0 bridgehead atoms. The molecule has 0 aliphatic carbocycles. The summed E-state index contributed by atoms with van der Waals surface area (Å²) in [5.41, 5.74) is 6.09. The Kier molecular flexibility index (Phi) is 4.05. The number of hydrogen-bond acceptors (Lipinski definition) is 3. The number of anilines is 2. The van der Waals surface area contributed by atoms with E-state index >= 15 is 0 Å². The Morgan fingerprint density at radius 1 is 1.60 bits per heavy atom. The van der Waals surface area contributed by atoms with Crippen molar-refractivity contribution >= 4 is 17.3 Å². The van der Waals surface area contributed by atoms with E-state index in [0.717, 1.165) is 6.07 Å². The van der Waals surface area contributed by atoms with Crippen molar-refractivity contribution in [3.8, 4) is 0 Å². The minimum atomic E-state index is -0.435. The molecule has 1 amide bonds. The van der Waals surface area contributed by atoms with Crippen LogP contribution in [-0.4, -0.2) is 19.1 Å². The van der Waals surface area contributed by atoms with Gasteiger partial charge in [0.05, 0.1) is 11.4 Å². The predicted molar refractivity (Wildman–Crippen MR) is 55.9 cm³/mol. The van der Waals surface area contributed by atoms with Crippen molar-refractivity contribution < 1.29 is 13.9 Å². The van der Waals surface area contributed by atoms with Gasteiger partial charge >= 0.3 is 0 Å². The van der Waals surface area contributed by atoms with Crippen LogP contribution in [0, 0.1) is 5.82 Å². The number of nitrogens with two attached hydrogens (primary N) is 1. The predicted octanol–water partition coefficient (Wildman–Crippen LogP) is 1.38. The average Bonchev–Trinajstić information content (AvgIpc) is 2.19. The normalized spacial score (nSPS) is 10.0. The lowest BCUT2D eigenvalue weighted by Gasteiger charge is -2.07. The third-order valence-corrected chi connectivity index (χ3v) is 1.72. The van der Waals surface area contributed by atoms with Crippen molar-refractivity contribution in [2.75, 3.05) is 24.3 Å². The number of benzene rings is 1. The Labute approximate surface area is 87.2 Å². The van der Waals surface area contributed by atoms with E-state index in [9.17, 15) is 9.18 Å². The lowest BCUT2D eigenvalue weighted by molar-refractivity contribution is -0.120. The molecule has 0 unspecified atom stereocenters. The third-order valence-electron chi connectivity index (χ3n) is 1.72. The SMILES string of the molecule is CCOCC(=O)Nc1ccc(F)cc1N. The van der Waals surface area contributed by atoms with Gasteiger partial charge in [0.1, 0.15) is 12.4 Å². The van der Waals surface area contributed by atoms with Gasteiger partial charge in [0.15, 0.2) is 0 Å². The van der Waals surface area contributed by atoms with E-state index < -0.39 is 5.82 Å². The molecule has 15 heavy (non-hydrogen) atoms. The standard InChI is InChI=1S/C10H13FN2O2/c1-2-15-6-10(14)13-9-4-3-7(11)5-8(9)12/h3-5H,2,6,12H2,1H3,(H,13,14). The molecule has 0 heterocycles. The average molecular weight is 212 g/mol. The zero-order valence-electron chi connectivity index (χ0n) is 8.42. The van der Waals surface area contributed by atoms with E-state index in [4.69, 9.17) is 10.5 Å². The monoisotopic (exact) mass is 212 g/mol. The van der Waals surface area contributed by atoms with Crippen molar-refractivity contribution in [2.45, 2.75) is 6.92 Å². The van der Waals surface area contributed by atoms with Gasteiger partial charge in [-0.05, 0) is 25.1 Å². The Hall–Kier alpha value is -1.62. The summed E-state index contributed by atoms with van der Waals surface area (Å²) < 4.78 is 17.6. The topological polar surface area (TPSA) is 64.3 Å². The highest BCUT2D eigenvalue weighted by Gasteiger charge is 2.05. The third kappa shape index (κ3) is 3.55. The molecule has 0 spiro atoms. The Bertz CT molecular complexity index is 355. The first-order valence-corrected chi connectivity index (χ1v) is 4.56. The Morgan fingerprint density at radius 2 is 2.33 bits per heavy atom. The number of ether oxygens (including phenoxy) is 1. The van der Waals surface area contributed by atoms with Gasteiger partial charge in [0, 0.05) is 6.61 Å². The van der Waals surface area contributed by atoms with Gasteiger partial charge in [-0.3, -0.25) is 4.79 Å². The molecule has 1 aromatic carbocycles. The van der Waals surface area contributed by atoms with E-state index in [1.807, 2.05) is 0 Å². The molecule has 0 saturated heterocycles. The Morgan fingerprint density at radius 3 is 2.93 bits per heavy atom. The van der Waals surface area contributed by atoms with Crippen LogP contribution in [0.1, 0.15) is 6.92 Å². The highest BCUT2D eigenvalue weighted by atomic mass is 19.1. The first-order valence-electron chi connectivity index (χ1n) is 4.56. The van der Waals surface area contributed by atoms with Crippen LogP contribution in [0.3, 0.4) is 0 Å². The number of rotatable bonds is 4. The van der Waals surface area contributed by atoms with Gasteiger partial charge in [-0.2, -0.15) is 0 Å². The summed E-state index contributed by atoms with van der Waals surface area (Å²) in [6.07, 6.45) is 0. The molecule has 5 heteroatoms. The van der Waals surface area contributed by atoms with E-state index in [1.54, 1.807) is 6.92 Å². The van der Waals surface area contributed by atoms with Crippen LogP contribution < -0.4 is 11.1 Å². The number of halogens is 1. The van der Waals surface area contributed by atoms with Crippen LogP contribution in [0.4, 0.5) is 15.8 Å². The second-order valence-corrected chi connectivity index (χ2v) is 2.92. The zero-order valence-corrected chi connectivity index (χ0v) is 8.42. The number of nitrogens with one attached hydrogen (secondary N) is 1. The molecule has 1 aromatic rings. The largest absolute Gasteiger partial charge is 0.397 e. The minimum Gasteiger partial charge on any atom is -0.397 e. The van der Waals surface area contributed by atoms with Crippen molar-refractivity contribution in [3.05, 3.63) is 24.0 Å². The zero-order chi connectivity index (χ0) is 11.3. The minimum absolute atomic E-state index is 0.0344. The van der Waals surface area contributed by atoms with Crippen LogP contribution >= 0.6 is 0 Å². The first-order chi connectivity index (χ1) is 7.13. The van der Waals surface area contributed by atoms with Gasteiger partial charge in [0.25, 0.3) is 0 Å². The van der Waals surface area contributed by atoms with Crippen LogP contribution in [-0.2, 0) is 9.53 Å².